The summed E-state index contributed by atoms with van der Waals surface area (Å²) in [4.78, 5) is 0. The summed E-state index contributed by atoms with van der Waals surface area (Å²) < 4.78 is 12.6. The number of hydrogen-bond donors (Lipinski definition) is 0. The van der Waals surface area contributed by atoms with Crippen LogP contribution in [0.5, 0.6) is 0 Å². The number of rotatable bonds is 3. The van der Waals surface area contributed by atoms with Crippen LogP contribution in [-0.4, -0.2) is 50.0 Å². The molecule has 0 atom stereocenters. The van der Waals surface area contributed by atoms with Gasteiger partial charge in [-0.2, -0.15) is 0 Å². The Morgan fingerprint density at radius 3 is 2.44 bits per heavy atom. The largest absolute Gasteiger partial charge is 1.00 e. The van der Waals surface area contributed by atoms with Crippen molar-refractivity contribution in [2.75, 3.05) is 39.4 Å². The van der Waals surface area contributed by atoms with Gasteiger partial charge in [-0.3, -0.25) is 0 Å². The fraction of sp³-hybridized carbons (Fsp3) is 0.571. The fourth-order valence-corrected chi connectivity index (χ4v) is 2.80. The lowest BCUT2D eigenvalue weighted by atomic mass is 10.1. The van der Waals surface area contributed by atoms with E-state index in [0.717, 1.165) is 19.8 Å². The first-order valence-corrected chi connectivity index (χ1v) is 6.45. The third-order valence-electron chi connectivity index (χ3n) is 3.93. The molecular formula is C14H20BrNO2. The first-order chi connectivity index (χ1) is 8.36. The molecule has 2 aliphatic heterocycles. The molecule has 2 saturated heterocycles. The third-order valence-corrected chi connectivity index (χ3v) is 3.93. The van der Waals surface area contributed by atoms with Gasteiger partial charge in [-0.1, -0.05) is 30.3 Å². The average Bonchev–Trinajstić information content (AvgIpc) is 2.36. The molecule has 0 radical (unpaired) electrons. The highest BCUT2D eigenvalue weighted by Gasteiger charge is 2.45. The normalized spacial score (nSPS) is 22.2. The highest BCUT2D eigenvalue weighted by Crippen LogP contribution is 2.25. The summed E-state index contributed by atoms with van der Waals surface area (Å²) in [6, 6.07) is 10.4. The van der Waals surface area contributed by atoms with E-state index < -0.39 is 0 Å². The van der Waals surface area contributed by atoms with E-state index in [1.54, 1.807) is 0 Å². The first kappa shape index (κ1) is 14.0. The Bertz CT molecular complexity index is 357. The Kier molecular flexibility index (Phi) is 4.78. The monoisotopic (exact) mass is 313 g/mol. The molecule has 0 amide bonds. The summed E-state index contributed by atoms with van der Waals surface area (Å²) in [7, 11) is 0. The molecule has 1 aromatic carbocycles. The molecule has 0 bridgehead atoms. The van der Waals surface area contributed by atoms with E-state index in [0.29, 0.717) is 6.10 Å². The molecule has 2 heterocycles. The van der Waals surface area contributed by atoms with Crippen molar-refractivity contribution in [3.63, 3.8) is 0 Å². The van der Waals surface area contributed by atoms with Gasteiger partial charge in [0.2, 0.25) is 0 Å². The number of morpholine rings is 1. The molecule has 2 aliphatic rings. The minimum absolute atomic E-state index is 0. The second-order valence-electron chi connectivity index (χ2n) is 5.18. The van der Waals surface area contributed by atoms with Crippen LogP contribution in [0, 0.1) is 0 Å². The summed E-state index contributed by atoms with van der Waals surface area (Å²) >= 11 is 0. The van der Waals surface area contributed by atoms with E-state index in [1.165, 1.54) is 36.2 Å². The third kappa shape index (κ3) is 3.12. The van der Waals surface area contributed by atoms with Crippen LogP contribution in [0.2, 0.25) is 0 Å². The predicted molar refractivity (Wildman–Crippen MR) is 65.6 cm³/mol. The zero-order chi connectivity index (χ0) is 11.6. The van der Waals surface area contributed by atoms with Crippen molar-refractivity contribution < 1.29 is 30.9 Å². The van der Waals surface area contributed by atoms with Gasteiger partial charge < -0.3 is 30.9 Å². The smallest absolute Gasteiger partial charge is 0.155 e. The van der Waals surface area contributed by atoms with Gasteiger partial charge >= 0.3 is 0 Å². The average molecular weight is 314 g/mol. The van der Waals surface area contributed by atoms with Crippen LogP contribution >= 0.6 is 0 Å². The second-order valence-corrected chi connectivity index (χ2v) is 5.18. The van der Waals surface area contributed by atoms with Crippen molar-refractivity contribution in [2.24, 2.45) is 0 Å². The summed E-state index contributed by atoms with van der Waals surface area (Å²) in [6.07, 6.45) is 0.452. The van der Waals surface area contributed by atoms with Gasteiger partial charge in [-0.25, -0.2) is 0 Å². The van der Waals surface area contributed by atoms with Crippen LogP contribution in [0.25, 0.3) is 0 Å². The maximum absolute atomic E-state index is 5.94. The molecule has 0 aliphatic carbocycles. The molecule has 0 aromatic heterocycles. The molecule has 0 N–H and O–H groups in total. The standard InChI is InChI=1S/C14H20NO2.BrH/c1-2-4-13(5-3-1)12-17-14-10-15(11-14)6-8-16-9-7-15;/h1-5,14H,6-12H2;1H/q+1;/p-1. The number of ether oxygens (including phenoxy) is 2. The minimum atomic E-state index is 0. The number of nitrogens with zero attached hydrogens (tertiary/aromatic N) is 1. The van der Waals surface area contributed by atoms with Gasteiger partial charge in [0.1, 0.15) is 26.2 Å². The fourth-order valence-electron chi connectivity index (χ4n) is 2.80. The Balaban J connectivity index is 0.00000120. The van der Waals surface area contributed by atoms with Crippen LogP contribution < -0.4 is 17.0 Å². The quantitative estimate of drug-likeness (QED) is 0.628. The lowest BCUT2D eigenvalue weighted by Gasteiger charge is -2.51. The van der Waals surface area contributed by atoms with Crippen LogP contribution in [0.3, 0.4) is 0 Å². The highest BCUT2D eigenvalue weighted by atomic mass is 79.9. The summed E-state index contributed by atoms with van der Waals surface area (Å²) in [5, 5.41) is 0. The van der Waals surface area contributed by atoms with Crippen molar-refractivity contribution in [1.29, 1.82) is 0 Å². The Hall–Kier alpha value is -0.420. The van der Waals surface area contributed by atoms with Gasteiger partial charge in [0.15, 0.2) is 6.10 Å². The topological polar surface area (TPSA) is 18.5 Å². The maximum Gasteiger partial charge on any atom is 0.155 e. The first-order valence-electron chi connectivity index (χ1n) is 6.45. The maximum atomic E-state index is 5.94. The number of benzene rings is 1. The molecule has 1 aromatic rings. The minimum Gasteiger partial charge on any atom is -1.00 e. The van der Waals surface area contributed by atoms with Gasteiger partial charge in [0.05, 0.1) is 19.8 Å². The predicted octanol–water partition coefficient (Wildman–Crippen LogP) is -1.56. The molecule has 4 heteroatoms. The molecule has 1 spiro atoms. The Morgan fingerprint density at radius 1 is 1.11 bits per heavy atom. The number of hydrogen-bond acceptors (Lipinski definition) is 2. The lowest BCUT2D eigenvalue weighted by Crippen LogP contribution is -3.00. The molecule has 3 rings (SSSR count). The SMILES string of the molecule is [Br-].c1ccc(COC2C[N+]3(CCOCC3)C2)cc1. The molecule has 2 fully saturated rings. The molecule has 100 valence electrons. The highest BCUT2D eigenvalue weighted by molar-refractivity contribution is 5.13. The van der Waals surface area contributed by atoms with Crippen molar-refractivity contribution in [2.45, 2.75) is 12.7 Å². The van der Waals surface area contributed by atoms with E-state index in [-0.39, 0.29) is 17.0 Å². The Morgan fingerprint density at radius 2 is 1.78 bits per heavy atom. The van der Waals surface area contributed by atoms with Gasteiger partial charge in [0.25, 0.3) is 0 Å². The van der Waals surface area contributed by atoms with Crippen LogP contribution in [0.1, 0.15) is 5.56 Å². The van der Waals surface area contributed by atoms with Gasteiger partial charge in [-0.05, 0) is 5.56 Å². The molecule has 3 nitrogen and oxygen atoms in total. The van der Waals surface area contributed by atoms with E-state index in [2.05, 4.69) is 24.3 Å². The van der Waals surface area contributed by atoms with Crippen molar-refractivity contribution in [3.8, 4) is 0 Å². The van der Waals surface area contributed by atoms with Crippen LogP contribution in [0.15, 0.2) is 30.3 Å². The molecule has 18 heavy (non-hydrogen) atoms. The molecule has 0 saturated carbocycles. The van der Waals surface area contributed by atoms with E-state index >= 15 is 0 Å². The van der Waals surface area contributed by atoms with E-state index in [9.17, 15) is 0 Å². The summed E-state index contributed by atoms with van der Waals surface area (Å²) in [5.41, 5.74) is 1.27. The summed E-state index contributed by atoms with van der Waals surface area (Å²) in [5.74, 6) is 0. The summed E-state index contributed by atoms with van der Waals surface area (Å²) in [6.45, 7) is 7.29. The number of quaternary nitrogens is 1. The van der Waals surface area contributed by atoms with Crippen molar-refractivity contribution in [3.05, 3.63) is 35.9 Å². The van der Waals surface area contributed by atoms with Crippen molar-refractivity contribution in [1.82, 2.24) is 0 Å². The van der Waals surface area contributed by atoms with Crippen LogP contribution in [-0.2, 0) is 16.1 Å². The van der Waals surface area contributed by atoms with Crippen molar-refractivity contribution >= 4 is 0 Å². The van der Waals surface area contributed by atoms with Gasteiger partial charge in [0, 0.05) is 0 Å². The zero-order valence-electron chi connectivity index (χ0n) is 10.6. The molecule has 0 unspecified atom stereocenters. The molecular weight excluding hydrogens is 294 g/mol. The van der Waals surface area contributed by atoms with Crippen LogP contribution in [0.4, 0.5) is 0 Å². The second kappa shape index (κ2) is 6.15. The van der Waals surface area contributed by atoms with E-state index in [1.807, 2.05) is 6.07 Å². The zero-order valence-corrected chi connectivity index (χ0v) is 12.1. The van der Waals surface area contributed by atoms with E-state index in [4.69, 9.17) is 9.47 Å². The van der Waals surface area contributed by atoms with Gasteiger partial charge in [-0.15, -0.1) is 0 Å². The Labute approximate surface area is 119 Å². The number of halogens is 1. The lowest BCUT2D eigenvalue weighted by molar-refractivity contribution is -0.978.